The molecule has 1 amide bonds. The lowest BCUT2D eigenvalue weighted by Gasteiger charge is -2.25. The summed E-state index contributed by atoms with van der Waals surface area (Å²) < 4.78 is 10.7. The standard InChI is InChI=1S/C18H25NO4/c1-18(2,3)9-13(10-20)19-17(21)7-12-11-23-16-8-14(22-4)5-6-15(12)16/h5-6,8,11,13,20H,7,9-10H2,1-4H3,(H,19,21). The molecular formula is C18H25NO4. The van der Waals surface area contributed by atoms with Gasteiger partial charge in [-0.05, 0) is 24.0 Å². The Morgan fingerprint density at radius 2 is 2.13 bits per heavy atom. The molecule has 0 aliphatic heterocycles. The third kappa shape index (κ3) is 4.73. The first-order chi connectivity index (χ1) is 10.8. The molecule has 1 heterocycles. The predicted octanol–water partition coefficient (Wildman–Crippen LogP) is 2.90. The van der Waals surface area contributed by atoms with E-state index in [-0.39, 0.29) is 30.4 Å². The average Bonchev–Trinajstić information content (AvgIpc) is 2.87. The molecule has 5 heteroatoms. The molecule has 1 aromatic heterocycles. The van der Waals surface area contributed by atoms with Gasteiger partial charge in [0.25, 0.3) is 0 Å². The monoisotopic (exact) mass is 319 g/mol. The number of aliphatic hydroxyl groups excluding tert-OH is 1. The Kier molecular flexibility index (Phi) is 5.31. The van der Waals surface area contributed by atoms with Crippen LogP contribution in [0.3, 0.4) is 0 Å². The van der Waals surface area contributed by atoms with Gasteiger partial charge in [0.15, 0.2) is 0 Å². The van der Waals surface area contributed by atoms with Gasteiger partial charge in [0.2, 0.25) is 5.91 Å². The summed E-state index contributed by atoms with van der Waals surface area (Å²) in [6, 6.07) is 5.29. The maximum absolute atomic E-state index is 12.2. The van der Waals surface area contributed by atoms with E-state index >= 15 is 0 Å². The lowest BCUT2D eigenvalue weighted by atomic mass is 9.88. The minimum atomic E-state index is -0.235. The van der Waals surface area contributed by atoms with Crippen LogP contribution in [0.5, 0.6) is 5.75 Å². The summed E-state index contributed by atoms with van der Waals surface area (Å²) in [4.78, 5) is 12.2. The van der Waals surface area contributed by atoms with Crippen molar-refractivity contribution >= 4 is 16.9 Å². The molecule has 1 aromatic carbocycles. The van der Waals surface area contributed by atoms with Crippen LogP contribution in [0.15, 0.2) is 28.9 Å². The third-order valence-corrected chi connectivity index (χ3v) is 3.66. The summed E-state index contributed by atoms with van der Waals surface area (Å²) in [5.74, 6) is 0.597. The Bertz CT molecular complexity index is 669. The molecule has 2 N–H and O–H groups in total. The zero-order valence-corrected chi connectivity index (χ0v) is 14.2. The third-order valence-electron chi connectivity index (χ3n) is 3.66. The van der Waals surface area contributed by atoms with Crippen molar-refractivity contribution in [1.82, 2.24) is 5.32 Å². The van der Waals surface area contributed by atoms with Crippen molar-refractivity contribution < 1.29 is 19.1 Å². The molecule has 1 atom stereocenters. The van der Waals surface area contributed by atoms with E-state index in [1.165, 1.54) is 0 Å². The molecule has 1 unspecified atom stereocenters. The molecule has 0 saturated heterocycles. The van der Waals surface area contributed by atoms with Crippen molar-refractivity contribution in [3.63, 3.8) is 0 Å². The summed E-state index contributed by atoms with van der Waals surface area (Å²) in [6.45, 7) is 6.18. The Hall–Kier alpha value is -2.01. The highest BCUT2D eigenvalue weighted by molar-refractivity contribution is 5.88. The lowest BCUT2D eigenvalue weighted by molar-refractivity contribution is -0.121. The first-order valence-electron chi connectivity index (χ1n) is 7.77. The van der Waals surface area contributed by atoms with Crippen molar-refractivity contribution in [3.05, 3.63) is 30.0 Å². The number of benzene rings is 1. The number of methoxy groups -OCH3 is 1. The summed E-state index contributed by atoms with van der Waals surface area (Å²) in [7, 11) is 1.60. The van der Waals surface area contributed by atoms with Crippen LogP contribution in [0.1, 0.15) is 32.8 Å². The number of fused-ring (bicyclic) bond motifs is 1. The van der Waals surface area contributed by atoms with Gasteiger partial charge in [-0.2, -0.15) is 0 Å². The van der Waals surface area contributed by atoms with Crippen LogP contribution in [-0.4, -0.2) is 30.8 Å². The second-order valence-corrected chi connectivity index (χ2v) is 7.01. The summed E-state index contributed by atoms with van der Waals surface area (Å²) in [5.41, 5.74) is 1.56. The number of rotatable bonds is 6. The van der Waals surface area contributed by atoms with E-state index in [9.17, 15) is 9.90 Å². The van der Waals surface area contributed by atoms with Gasteiger partial charge in [-0.1, -0.05) is 20.8 Å². The molecule has 126 valence electrons. The van der Waals surface area contributed by atoms with Crippen molar-refractivity contribution in [2.24, 2.45) is 5.41 Å². The van der Waals surface area contributed by atoms with Crippen molar-refractivity contribution in [2.75, 3.05) is 13.7 Å². The van der Waals surface area contributed by atoms with Crippen LogP contribution >= 0.6 is 0 Å². The quantitative estimate of drug-likeness (QED) is 0.859. The van der Waals surface area contributed by atoms with Gasteiger partial charge in [0.1, 0.15) is 11.3 Å². The molecule has 0 bridgehead atoms. The number of aliphatic hydroxyl groups is 1. The number of furan rings is 1. The Morgan fingerprint density at radius 1 is 1.39 bits per heavy atom. The van der Waals surface area contributed by atoms with E-state index in [1.807, 2.05) is 12.1 Å². The lowest BCUT2D eigenvalue weighted by Crippen LogP contribution is -2.40. The van der Waals surface area contributed by atoms with Gasteiger partial charge in [0, 0.05) is 17.0 Å². The minimum Gasteiger partial charge on any atom is -0.497 e. The fourth-order valence-electron chi connectivity index (χ4n) is 2.68. The second-order valence-electron chi connectivity index (χ2n) is 7.01. The number of amides is 1. The number of nitrogens with one attached hydrogen (secondary N) is 1. The Labute approximate surface area is 136 Å². The minimum absolute atomic E-state index is 0.0412. The number of hydrogen-bond acceptors (Lipinski definition) is 4. The molecule has 0 aliphatic rings. The largest absolute Gasteiger partial charge is 0.497 e. The van der Waals surface area contributed by atoms with Gasteiger partial charge < -0.3 is 19.6 Å². The van der Waals surface area contributed by atoms with Gasteiger partial charge in [-0.25, -0.2) is 0 Å². The van der Waals surface area contributed by atoms with E-state index in [1.54, 1.807) is 19.4 Å². The zero-order chi connectivity index (χ0) is 17.0. The molecule has 0 aliphatic carbocycles. The van der Waals surface area contributed by atoms with E-state index < -0.39 is 0 Å². The Morgan fingerprint density at radius 3 is 2.74 bits per heavy atom. The fourth-order valence-corrected chi connectivity index (χ4v) is 2.68. The maximum Gasteiger partial charge on any atom is 0.224 e. The topological polar surface area (TPSA) is 71.7 Å². The number of carbonyl (C=O) groups excluding carboxylic acids is 1. The summed E-state index contributed by atoms with van der Waals surface area (Å²) >= 11 is 0. The van der Waals surface area contributed by atoms with Crippen LogP contribution in [-0.2, 0) is 11.2 Å². The van der Waals surface area contributed by atoms with Gasteiger partial charge in [0.05, 0.1) is 32.4 Å². The molecule has 0 radical (unpaired) electrons. The highest BCUT2D eigenvalue weighted by atomic mass is 16.5. The van der Waals surface area contributed by atoms with Gasteiger partial charge >= 0.3 is 0 Å². The van der Waals surface area contributed by atoms with Crippen LogP contribution in [0.4, 0.5) is 0 Å². The number of ether oxygens (including phenoxy) is 1. The maximum atomic E-state index is 12.2. The molecule has 0 saturated carbocycles. The van der Waals surface area contributed by atoms with E-state index in [4.69, 9.17) is 9.15 Å². The van der Waals surface area contributed by atoms with Crippen molar-refractivity contribution in [1.29, 1.82) is 0 Å². The van der Waals surface area contributed by atoms with Crippen LogP contribution in [0.2, 0.25) is 0 Å². The average molecular weight is 319 g/mol. The van der Waals surface area contributed by atoms with Crippen molar-refractivity contribution in [2.45, 2.75) is 39.7 Å². The van der Waals surface area contributed by atoms with Crippen LogP contribution < -0.4 is 10.1 Å². The number of hydrogen-bond donors (Lipinski definition) is 2. The molecule has 2 rings (SSSR count). The molecular weight excluding hydrogens is 294 g/mol. The first-order valence-corrected chi connectivity index (χ1v) is 7.77. The molecule has 0 spiro atoms. The van der Waals surface area contributed by atoms with E-state index in [0.29, 0.717) is 11.3 Å². The van der Waals surface area contributed by atoms with Gasteiger partial charge in [-0.15, -0.1) is 0 Å². The predicted molar refractivity (Wildman–Crippen MR) is 89.6 cm³/mol. The van der Waals surface area contributed by atoms with Crippen LogP contribution in [0, 0.1) is 5.41 Å². The molecule has 2 aromatic rings. The smallest absolute Gasteiger partial charge is 0.224 e. The number of carbonyl (C=O) groups is 1. The Balaban J connectivity index is 2.05. The van der Waals surface area contributed by atoms with Crippen molar-refractivity contribution in [3.8, 4) is 5.75 Å². The highest BCUT2D eigenvalue weighted by Crippen LogP contribution is 2.26. The summed E-state index contributed by atoms with van der Waals surface area (Å²) in [6.07, 6.45) is 2.54. The molecule has 0 fully saturated rings. The fraction of sp³-hybridized carbons (Fsp3) is 0.500. The van der Waals surface area contributed by atoms with E-state index in [2.05, 4.69) is 26.1 Å². The highest BCUT2D eigenvalue weighted by Gasteiger charge is 2.20. The SMILES string of the molecule is COc1ccc2c(CC(=O)NC(CO)CC(C)(C)C)coc2c1. The molecule has 5 nitrogen and oxygen atoms in total. The normalized spacial score (nSPS) is 13.1. The summed E-state index contributed by atoms with van der Waals surface area (Å²) in [5, 5.41) is 13.2. The van der Waals surface area contributed by atoms with Crippen LogP contribution in [0.25, 0.3) is 11.0 Å². The second kappa shape index (κ2) is 7.04. The molecule has 23 heavy (non-hydrogen) atoms. The zero-order valence-electron chi connectivity index (χ0n) is 14.2. The first kappa shape index (κ1) is 17.3. The van der Waals surface area contributed by atoms with Gasteiger partial charge in [-0.3, -0.25) is 4.79 Å². The van der Waals surface area contributed by atoms with E-state index in [0.717, 1.165) is 17.4 Å².